The maximum Gasteiger partial charge on any atom is 0.188 e. The van der Waals surface area contributed by atoms with Crippen molar-refractivity contribution in [3.63, 3.8) is 0 Å². The monoisotopic (exact) mass is 506 g/mol. The highest BCUT2D eigenvalue weighted by atomic mass is 31.2. The van der Waals surface area contributed by atoms with Gasteiger partial charge in [-0.2, -0.15) is 0 Å². The Kier molecular flexibility index (Phi) is 5.39. The van der Waals surface area contributed by atoms with Gasteiger partial charge in [0.15, 0.2) is 7.14 Å². The molecular weight excluding hydrogens is 483 g/mol. The molecule has 0 N–H and O–H groups in total. The first-order chi connectivity index (χ1) is 18.7. The normalized spacial score (nSPS) is 11.8. The highest BCUT2D eigenvalue weighted by molar-refractivity contribution is 7.85. The molecule has 0 radical (unpaired) electrons. The molecule has 0 saturated heterocycles. The highest BCUT2D eigenvalue weighted by Gasteiger charge is 2.31. The van der Waals surface area contributed by atoms with Crippen molar-refractivity contribution in [2.75, 3.05) is 0 Å². The third kappa shape index (κ3) is 3.55. The zero-order valence-corrected chi connectivity index (χ0v) is 21.4. The third-order valence-electron chi connectivity index (χ3n) is 7.17. The molecule has 0 aliphatic carbocycles. The minimum absolute atomic E-state index is 0.564. The van der Waals surface area contributed by atoms with Crippen molar-refractivity contribution in [2.45, 2.75) is 0 Å². The summed E-state index contributed by atoms with van der Waals surface area (Å²) in [4.78, 5) is 9.91. The van der Waals surface area contributed by atoms with Crippen molar-refractivity contribution in [1.82, 2.24) is 9.97 Å². The third-order valence-corrected chi connectivity index (χ3v) is 10.1. The molecule has 0 atom stereocenters. The average molecular weight is 507 g/mol. The lowest BCUT2D eigenvalue weighted by Crippen LogP contribution is -2.26. The van der Waals surface area contributed by atoms with Gasteiger partial charge < -0.3 is 4.57 Å². The summed E-state index contributed by atoms with van der Waals surface area (Å²) in [5.41, 5.74) is 3.27. The molecule has 7 rings (SSSR count). The summed E-state index contributed by atoms with van der Waals surface area (Å²) in [6.07, 6.45) is 1.82. The maximum atomic E-state index is 14.7. The van der Waals surface area contributed by atoms with Crippen molar-refractivity contribution < 1.29 is 4.57 Å². The van der Waals surface area contributed by atoms with Gasteiger partial charge >= 0.3 is 0 Å². The Morgan fingerprint density at radius 2 is 1.16 bits per heavy atom. The molecule has 0 aliphatic rings. The van der Waals surface area contributed by atoms with Crippen molar-refractivity contribution in [3.05, 3.63) is 140 Å². The first kappa shape index (κ1) is 22.6. The Labute approximate surface area is 220 Å². The van der Waals surface area contributed by atoms with Crippen LogP contribution in [-0.2, 0) is 4.57 Å². The molecular formula is C34H23N2OP. The van der Waals surface area contributed by atoms with Gasteiger partial charge in [-0.3, -0.25) is 4.98 Å². The van der Waals surface area contributed by atoms with E-state index < -0.39 is 7.14 Å². The minimum Gasteiger partial charge on any atom is -0.307 e. The SMILES string of the molecule is O=P(c1ccccc1)(c1ccccc1)c1ccc(-c2nc3ccccc3c3c2ccc2ccccc23)cn1. The van der Waals surface area contributed by atoms with E-state index in [1.54, 1.807) is 0 Å². The number of nitrogens with zero attached hydrogens (tertiary/aromatic N) is 2. The number of para-hydroxylation sites is 1. The summed E-state index contributed by atoms with van der Waals surface area (Å²) < 4.78 is 14.7. The molecule has 0 saturated carbocycles. The first-order valence-electron chi connectivity index (χ1n) is 12.6. The predicted molar refractivity (Wildman–Crippen MR) is 159 cm³/mol. The topological polar surface area (TPSA) is 42.9 Å². The molecule has 3 nitrogen and oxygen atoms in total. The number of hydrogen-bond donors (Lipinski definition) is 0. The Bertz CT molecular complexity index is 1930. The van der Waals surface area contributed by atoms with Gasteiger partial charge in [0, 0.05) is 38.5 Å². The molecule has 0 bridgehead atoms. The average Bonchev–Trinajstić information content (AvgIpc) is 3.01. The fraction of sp³-hybridized carbons (Fsp3) is 0. The minimum atomic E-state index is -3.14. The Morgan fingerprint density at radius 1 is 0.526 bits per heavy atom. The largest absolute Gasteiger partial charge is 0.307 e. The van der Waals surface area contributed by atoms with E-state index in [-0.39, 0.29) is 0 Å². The van der Waals surface area contributed by atoms with E-state index in [0.717, 1.165) is 38.2 Å². The molecule has 4 heteroatoms. The van der Waals surface area contributed by atoms with Gasteiger partial charge in [0.1, 0.15) is 5.44 Å². The molecule has 5 aromatic carbocycles. The fourth-order valence-corrected chi connectivity index (χ4v) is 7.86. The zero-order chi connectivity index (χ0) is 25.5. The van der Waals surface area contributed by atoms with Crippen LogP contribution >= 0.6 is 7.14 Å². The molecule has 0 amide bonds. The second-order valence-electron chi connectivity index (χ2n) is 9.37. The predicted octanol–water partition coefficient (Wildman–Crippen LogP) is 7.24. The molecule has 0 spiro atoms. The highest BCUT2D eigenvalue weighted by Crippen LogP contribution is 2.42. The Hall–Kier alpha value is -4.59. The van der Waals surface area contributed by atoms with E-state index in [0.29, 0.717) is 5.44 Å². The molecule has 0 fully saturated rings. The van der Waals surface area contributed by atoms with Crippen LogP contribution in [0.1, 0.15) is 0 Å². The number of aromatic nitrogens is 2. The van der Waals surface area contributed by atoms with Crippen LogP contribution in [0.15, 0.2) is 140 Å². The smallest absolute Gasteiger partial charge is 0.188 e. The molecule has 180 valence electrons. The van der Waals surface area contributed by atoms with Crippen LogP contribution in [0.25, 0.3) is 43.7 Å². The van der Waals surface area contributed by atoms with Gasteiger partial charge in [-0.1, -0.05) is 115 Å². The summed E-state index contributed by atoms with van der Waals surface area (Å²) in [5, 5.41) is 7.33. The molecule has 7 aromatic rings. The van der Waals surface area contributed by atoms with Crippen LogP contribution in [0.5, 0.6) is 0 Å². The van der Waals surface area contributed by atoms with Crippen molar-refractivity contribution in [1.29, 1.82) is 0 Å². The van der Waals surface area contributed by atoms with Crippen molar-refractivity contribution >= 4 is 55.6 Å². The summed E-state index contributed by atoms with van der Waals surface area (Å²) in [6, 6.07) is 44.2. The molecule has 0 aliphatic heterocycles. The molecule has 2 heterocycles. The number of pyridine rings is 2. The van der Waals surface area contributed by atoms with Crippen LogP contribution in [0.3, 0.4) is 0 Å². The van der Waals surface area contributed by atoms with Crippen LogP contribution in [0.2, 0.25) is 0 Å². The molecule has 38 heavy (non-hydrogen) atoms. The lowest BCUT2D eigenvalue weighted by molar-refractivity contribution is 0.592. The standard InChI is InChI=1S/C34H23N2OP/c37-38(26-12-3-1-4-13-26,27-14-5-2-6-15-27)32-22-20-25(23-35-32)34-30-21-19-24-11-7-8-16-28(24)33(30)29-17-9-10-18-31(29)36-34/h1-23H. The van der Waals surface area contributed by atoms with Gasteiger partial charge in [0.25, 0.3) is 0 Å². The summed E-state index contributed by atoms with van der Waals surface area (Å²) in [7, 11) is -3.14. The number of fused-ring (bicyclic) bond motifs is 5. The van der Waals surface area contributed by atoms with Crippen LogP contribution < -0.4 is 16.0 Å². The second-order valence-corrected chi connectivity index (χ2v) is 12.1. The Balaban J connectivity index is 1.45. The van der Waals surface area contributed by atoms with E-state index in [1.165, 1.54) is 16.2 Å². The zero-order valence-electron chi connectivity index (χ0n) is 20.5. The van der Waals surface area contributed by atoms with Crippen molar-refractivity contribution in [2.24, 2.45) is 0 Å². The van der Waals surface area contributed by atoms with Gasteiger partial charge in [0.2, 0.25) is 0 Å². The Morgan fingerprint density at radius 3 is 1.84 bits per heavy atom. The number of rotatable bonds is 4. The van der Waals surface area contributed by atoms with E-state index in [9.17, 15) is 4.57 Å². The summed E-state index contributed by atoms with van der Waals surface area (Å²) in [5.74, 6) is 0. The van der Waals surface area contributed by atoms with E-state index in [2.05, 4.69) is 54.6 Å². The second kappa shape index (κ2) is 9.06. The van der Waals surface area contributed by atoms with E-state index in [1.807, 2.05) is 85.1 Å². The molecule has 0 unspecified atom stereocenters. The van der Waals surface area contributed by atoms with Crippen molar-refractivity contribution in [3.8, 4) is 11.3 Å². The number of benzene rings is 5. The number of hydrogen-bond acceptors (Lipinski definition) is 3. The van der Waals surface area contributed by atoms with Gasteiger partial charge in [0.05, 0.1) is 11.2 Å². The lowest BCUT2D eigenvalue weighted by Gasteiger charge is -2.19. The van der Waals surface area contributed by atoms with Crippen LogP contribution in [-0.4, -0.2) is 9.97 Å². The quantitative estimate of drug-likeness (QED) is 0.187. The lowest BCUT2D eigenvalue weighted by atomic mass is 9.96. The van der Waals surface area contributed by atoms with Crippen LogP contribution in [0, 0.1) is 0 Å². The summed E-state index contributed by atoms with van der Waals surface area (Å²) in [6.45, 7) is 0. The van der Waals surface area contributed by atoms with Crippen LogP contribution in [0.4, 0.5) is 0 Å². The fourth-order valence-electron chi connectivity index (χ4n) is 5.34. The first-order valence-corrected chi connectivity index (χ1v) is 14.3. The maximum absolute atomic E-state index is 14.7. The van der Waals surface area contributed by atoms with Gasteiger partial charge in [-0.25, -0.2) is 4.98 Å². The van der Waals surface area contributed by atoms with Gasteiger partial charge in [-0.15, -0.1) is 0 Å². The van der Waals surface area contributed by atoms with E-state index in [4.69, 9.17) is 9.97 Å². The molecule has 2 aromatic heterocycles. The van der Waals surface area contributed by atoms with E-state index >= 15 is 0 Å². The summed E-state index contributed by atoms with van der Waals surface area (Å²) >= 11 is 0. The van der Waals surface area contributed by atoms with Gasteiger partial charge in [-0.05, 0) is 29.0 Å².